The minimum Gasteiger partial charge on any atom is -0.310 e. The Hall–Kier alpha value is -9.76. The molecule has 3 aliphatic carbocycles. The molecular weight excluding hydrogens is 917 g/mol. The second kappa shape index (κ2) is 15.4. The van der Waals surface area contributed by atoms with Crippen LogP contribution in [0.3, 0.4) is 0 Å². The van der Waals surface area contributed by atoms with Gasteiger partial charge in [0, 0.05) is 27.7 Å². The summed E-state index contributed by atoms with van der Waals surface area (Å²) < 4.78 is 2.52. The first-order valence-corrected chi connectivity index (χ1v) is 26.6. The molecule has 2 nitrogen and oxygen atoms in total. The molecule has 12 aromatic carbocycles. The molecule has 0 radical (unpaired) electrons. The molecule has 2 spiro atoms. The Morgan fingerprint density at radius 1 is 0.276 bits per heavy atom. The van der Waals surface area contributed by atoms with Crippen LogP contribution in [0.5, 0.6) is 0 Å². The number of hydrogen-bond acceptors (Lipinski definition) is 1. The van der Waals surface area contributed by atoms with Crippen molar-refractivity contribution >= 4 is 38.9 Å². The van der Waals surface area contributed by atoms with Gasteiger partial charge in [0.1, 0.15) is 0 Å². The van der Waals surface area contributed by atoms with Gasteiger partial charge in [0.25, 0.3) is 0 Å². The van der Waals surface area contributed by atoms with Crippen LogP contribution in [0, 0.1) is 0 Å². The lowest BCUT2D eigenvalue weighted by molar-refractivity contribution is 0.748. The summed E-state index contributed by atoms with van der Waals surface area (Å²) in [6.45, 7) is 0. The summed E-state index contributed by atoms with van der Waals surface area (Å²) in [7, 11) is 0. The molecule has 0 saturated carbocycles. The van der Waals surface area contributed by atoms with Gasteiger partial charge >= 0.3 is 0 Å². The summed E-state index contributed by atoms with van der Waals surface area (Å²) in [5, 5.41) is 2.57. The van der Waals surface area contributed by atoms with Gasteiger partial charge in [-0.2, -0.15) is 0 Å². The van der Waals surface area contributed by atoms with E-state index in [1.54, 1.807) is 0 Å². The molecule has 0 bridgehead atoms. The summed E-state index contributed by atoms with van der Waals surface area (Å²) in [6, 6.07) is 105. The van der Waals surface area contributed by atoms with Gasteiger partial charge in [0.15, 0.2) is 0 Å². The van der Waals surface area contributed by atoms with Crippen LogP contribution in [0.4, 0.5) is 17.1 Å². The van der Waals surface area contributed by atoms with E-state index in [9.17, 15) is 0 Å². The number of rotatable bonds is 5. The number of hydrogen-bond donors (Lipinski definition) is 0. The monoisotopic (exact) mass is 962 g/mol. The van der Waals surface area contributed by atoms with E-state index >= 15 is 0 Å². The van der Waals surface area contributed by atoms with Gasteiger partial charge in [-0.3, -0.25) is 0 Å². The highest BCUT2D eigenvalue weighted by Crippen LogP contribution is 2.65. The molecular formula is C74H46N2. The van der Waals surface area contributed by atoms with Gasteiger partial charge in [0.05, 0.1) is 33.2 Å². The van der Waals surface area contributed by atoms with Crippen molar-refractivity contribution in [1.29, 1.82) is 0 Å². The minimum atomic E-state index is -0.523. The van der Waals surface area contributed by atoms with Crippen molar-refractivity contribution in [1.82, 2.24) is 4.57 Å². The van der Waals surface area contributed by atoms with Crippen LogP contribution in [0.2, 0.25) is 0 Å². The molecule has 0 fully saturated rings. The molecule has 0 saturated heterocycles. The van der Waals surface area contributed by atoms with Crippen LogP contribution >= 0.6 is 0 Å². The predicted octanol–water partition coefficient (Wildman–Crippen LogP) is 18.6. The molecule has 4 aliphatic rings. The van der Waals surface area contributed by atoms with Crippen LogP contribution in [-0.4, -0.2) is 4.57 Å². The molecule has 1 aliphatic heterocycles. The predicted molar refractivity (Wildman–Crippen MR) is 313 cm³/mol. The van der Waals surface area contributed by atoms with E-state index < -0.39 is 10.8 Å². The second-order valence-electron chi connectivity index (χ2n) is 21.0. The minimum absolute atomic E-state index is 0.466. The normalized spacial score (nSPS) is 15.3. The van der Waals surface area contributed by atoms with Gasteiger partial charge in [0.2, 0.25) is 0 Å². The van der Waals surface area contributed by atoms with Crippen LogP contribution < -0.4 is 4.90 Å². The number of para-hydroxylation sites is 4. The molecule has 2 heteroatoms. The number of aromatic nitrogens is 1. The highest BCUT2D eigenvalue weighted by molar-refractivity contribution is 6.13. The lowest BCUT2D eigenvalue weighted by atomic mass is 9.65. The SMILES string of the molecule is c1ccc(-c2ccccc2N(c2ccc(-c3cccc4c3-c3ccccc3C43c4ccccc4-n4c5ccccc5c5cccc3c54)cc2)c2ccc3c(c2)C2(c4ccccc4-c4ccccc42)c2ccccc2-3)cc1. The zero-order chi connectivity index (χ0) is 49.7. The van der Waals surface area contributed by atoms with Gasteiger partial charge in [-0.25, -0.2) is 0 Å². The number of anilines is 3. The first kappa shape index (κ1) is 41.7. The molecule has 1 atom stereocenters. The summed E-state index contributed by atoms with van der Waals surface area (Å²) >= 11 is 0. The smallest absolute Gasteiger partial charge is 0.0754 e. The average molecular weight is 963 g/mol. The molecule has 352 valence electrons. The quantitative estimate of drug-likeness (QED) is 0.167. The summed E-state index contributed by atoms with van der Waals surface area (Å²) in [4.78, 5) is 2.49. The van der Waals surface area contributed by atoms with E-state index in [1.807, 2.05) is 0 Å². The Morgan fingerprint density at radius 3 is 1.47 bits per heavy atom. The Balaban J connectivity index is 0.873. The fraction of sp³-hybridized carbons (Fsp3) is 0.0270. The van der Waals surface area contributed by atoms with E-state index in [0.717, 1.165) is 17.1 Å². The van der Waals surface area contributed by atoms with Crippen molar-refractivity contribution in [2.45, 2.75) is 10.8 Å². The Bertz CT molecular complexity index is 4530. The topological polar surface area (TPSA) is 8.17 Å². The zero-order valence-electron chi connectivity index (χ0n) is 41.5. The Morgan fingerprint density at radius 2 is 0.750 bits per heavy atom. The maximum Gasteiger partial charge on any atom is 0.0754 e. The average Bonchev–Trinajstić information content (AvgIpc) is 4.36. The Labute approximate surface area is 441 Å². The number of benzene rings is 12. The van der Waals surface area contributed by atoms with E-state index in [1.165, 1.54) is 128 Å². The van der Waals surface area contributed by atoms with Gasteiger partial charge in [-0.1, -0.05) is 237 Å². The lowest BCUT2D eigenvalue weighted by Crippen LogP contribution is -2.33. The van der Waals surface area contributed by atoms with E-state index in [-0.39, 0.29) is 0 Å². The third kappa shape index (κ3) is 5.20. The highest BCUT2D eigenvalue weighted by Gasteiger charge is 2.53. The zero-order valence-corrected chi connectivity index (χ0v) is 41.5. The van der Waals surface area contributed by atoms with Crippen LogP contribution in [0.25, 0.3) is 83.1 Å². The molecule has 0 amide bonds. The van der Waals surface area contributed by atoms with Crippen LogP contribution in [-0.2, 0) is 10.8 Å². The third-order valence-electron chi connectivity index (χ3n) is 17.6. The molecule has 2 heterocycles. The van der Waals surface area contributed by atoms with Crippen molar-refractivity contribution in [3.05, 3.63) is 324 Å². The molecule has 17 rings (SSSR count). The van der Waals surface area contributed by atoms with E-state index in [0.29, 0.717) is 0 Å². The van der Waals surface area contributed by atoms with Gasteiger partial charge < -0.3 is 9.47 Å². The van der Waals surface area contributed by atoms with Crippen molar-refractivity contribution in [3.63, 3.8) is 0 Å². The van der Waals surface area contributed by atoms with Crippen molar-refractivity contribution in [2.75, 3.05) is 4.90 Å². The summed E-state index contributed by atoms with van der Waals surface area (Å²) in [5.74, 6) is 0. The van der Waals surface area contributed by atoms with Crippen molar-refractivity contribution < 1.29 is 0 Å². The van der Waals surface area contributed by atoms with Crippen LogP contribution in [0.15, 0.2) is 279 Å². The number of fused-ring (bicyclic) bond motifs is 22. The Kier molecular flexibility index (Phi) is 8.44. The summed E-state index contributed by atoms with van der Waals surface area (Å²) in [5.41, 5.74) is 29.3. The second-order valence-corrected chi connectivity index (χ2v) is 21.0. The maximum atomic E-state index is 2.52. The van der Waals surface area contributed by atoms with Gasteiger partial charge in [-0.15, -0.1) is 0 Å². The molecule has 76 heavy (non-hydrogen) atoms. The van der Waals surface area contributed by atoms with E-state index in [2.05, 4.69) is 289 Å². The fourth-order valence-corrected chi connectivity index (χ4v) is 14.8. The molecule has 1 unspecified atom stereocenters. The first-order chi connectivity index (χ1) is 37.7. The number of nitrogens with zero attached hydrogens (tertiary/aromatic N) is 2. The first-order valence-electron chi connectivity index (χ1n) is 26.6. The third-order valence-corrected chi connectivity index (χ3v) is 17.6. The standard InChI is InChI=1S/C74H46N2/c1-2-20-47(21-3-1)51-22-8-15-37-68(51)75(50-44-45-56-55-25-6-12-32-62(55)73(67(56)46-50)60-30-10-4-23-53(60)54-24-5-11-31-61(54)73)49-42-40-48(41-43-49)52-28-18-35-65-71(52)59-27-7-13-33-63(59)74(65)64-34-14-17-39-70(64)76-69-38-16-9-26-57(69)58-29-19-36-66(74)72(58)76/h1-46H. The van der Waals surface area contributed by atoms with Crippen molar-refractivity contribution in [3.8, 4) is 61.3 Å². The summed E-state index contributed by atoms with van der Waals surface area (Å²) in [6.07, 6.45) is 0. The molecule has 1 aromatic heterocycles. The van der Waals surface area contributed by atoms with Crippen LogP contribution in [0.1, 0.15) is 44.5 Å². The van der Waals surface area contributed by atoms with E-state index in [4.69, 9.17) is 0 Å². The van der Waals surface area contributed by atoms with Gasteiger partial charge in [-0.05, 0) is 137 Å². The largest absolute Gasteiger partial charge is 0.310 e. The van der Waals surface area contributed by atoms with Crippen molar-refractivity contribution in [2.24, 2.45) is 0 Å². The maximum absolute atomic E-state index is 2.52. The molecule has 0 N–H and O–H groups in total. The molecule has 13 aromatic rings. The highest BCUT2D eigenvalue weighted by atomic mass is 15.1. The lowest BCUT2D eigenvalue weighted by Gasteiger charge is -2.39. The fourth-order valence-electron chi connectivity index (χ4n) is 14.8.